The third kappa shape index (κ3) is 4.28. The van der Waals surface area contributed by atoms with E-state index in [0.29, 0.717) is 18.1 Å². The number of amides is 1. The van der Waals surface area contributed by atoms with E-state index in [0.717, 1.165) is 24.1 Å². The van der Waals surface area contributed by atoms with E-state index in [1.54, 1.807) is 12.1 Å². The first-order chi connectivity index (χ1) is 10.6. The van der Waals surface area contributed by atoms with E-state index in [-0.39, 0.29) is 5.91 Å². The molecule has 0 unspecified atom stereocenters. The van der Waals surface area contributed by atoms with Crippen molar-refractivity contribution in [3.05, 3.63) is 47.2 Å². The highest BCUT2D eigenvalue weighted by Gasteiger charge is 2.08. The summed E-state index contributed by atoms with van der Waals surface area (Å²) in [6.45, 7) is 6.85. The minimum Gasteiger partial charge on any atom is -0.351 e. The predicted octanol–water partition coefficient (Wildman–Crippen LogP) is 3.37. The molecule has 0 aliphatic rings. The fourth-order valence-electron chi connectivity index (χ4n) is 2.08. The van der Waals surface area contributed by atoms with E-state index in [1.807, 2.05) is 19.1 Å². The van der Waals surface area contributed by atoms with Gasteiger partial charge in [-0.15, -0.1) is 10.2 Å². The van der Waals surface area contributed by atoms with Gasteiger partial charge in [-0.1, -0.05) is 31.0 Å². The standard InChI is InChI=1S/C17H22N4O/c1-4-5-10-18-17(22)15-8-9-16(21-20-15)19-14-7-6-12(2)11-13(14)3/h6-9,11H,4-5,10H2,1-3H3,(H,18,22)(H,19,21). The number of unbranched alkanes of at least 4 members (excludes halogenated alkanes) is 1. The second-order valence-electron chi connectivity index (χ2n) is 5.36. The largest absolute Gasteiger partial charge is 0.351 e. The van der Waals surface area contributed by atoms with Crippen molar-refractivity contribution in [2.75, 3.05) is 11.9 Å². The second-order valence-corrected chi connectivity index (χ2v) is 5.36. The van der Waals surface area contributed by atoms with Gasteiger partial charge in [0, 0.05) is 12.2 Å². The molecule has 22 heavy (non-hydrogen) atoms. The van der Waals surface area contributed by atoms with Gasteiger partial charge in [0.2, 0.25) is 0 Å². The van der Waals surface area contributed by atoms with E-state index >= 15 is 0 Å². The van der Waals surface area contributed by atoms with Crippen molar-refractivity contribution >= 4 is 17.4 Å². The molecule has 5 nitrogen and oxygen atoms in total. The molecule has 0 saturated carbocycles. The Kier molecular flexibility index (Phi) is 5.47. The van der Waals surface area contributed by atoms with Gasteiger partial charge >= 0.3 is 0 Å². The Bertz CT molecular complexity index is 638. The van der Waals surface area contributed by atoms with Crippen LogP contribution in [0.25, 0.3) is 0 Å². The van der Waals surface area contributed by atoms with Crippen molar-refractivity contribution < 1.29 is 4.79 Å². The third-order valence-electron chi connectivity index (χ3n) is 3.36. The molecule has 1 aromatic heterocycles. The zero-order valence-corrected chi connectivity index (χ0v) is 13.3. The number of rotatable bonds is 6. The summed E-state index contributed by atoms with van der Waals surface area (Å²) >= 11 is 0. The Morgan fingerprint density at radius 1 is 1.14 bits per heavy atom. The number of benzene rings is 1. The average molecular weight is 298 g/mol. The molecule has 0 fully saturated rings. The highest BCUT2D eigenvalue weighted by molar-refractivity contribution is 5.92. The fraction of sp³-hybridized carbons (Fsp3) is 0.353. The lowest BCUT2D eigenvalue weighted by Crippen LogP contribution is -2.25. The van der Waals surface area contributed by atoms with Gasteiger partial charge < -0.3 is 10.6 Å². The Morgan fingerprint density at radius 3 is 2.59 bits per heavy atom. The Hall–Kier alpha value is -2.43. The summed E-state index contributed by atoms with van der Waals surface area (Å²) in [5, 5.41) is 14.1. The Morgan fingerprint density at radius 2 is 1.95 bits per heavy atom. The zero-order chi connectivity index (χ0) is 15.9. The van der Waals surface area contributed by atoms with Crippen LogP contribution in [0.15, 0.2) is 30.3 Å². The summed E-state index contributed by atoms with van der Waals surface area (Å²) in [6.07, 6.45) is 2.01. The van der Waals surface area contributed by atoms with Crippen LogP contribution in [0, 0.1) is 13.8 Å². The minimum atomic E-state index is -0.181. The molecule has 0 radical (unpaired) electrons. The molecule has 2 rings (SSSR count). The van der Waals surface area contributed by atoms with Gasteiger partial charge in [-0.2, -0.15) is 0 Å². The highest BCUT2D eigenvalue weighted by Crippen LogP contribution is 2.19. The van der Waals surface area contributed by atoms with Crippen LogP contribution in [-0.2, 0) is 0 Å². The first-order valence-electron chi connectivity index (χ1n) is 7.56. The molecular formula is C17H22N4O. The maximum atomic E-state index is 11.8. The molecule has 0 aliphatic heterocycles. The molecule has 5 heteroatoms. The number of hydrogen-bond donors (Lipinski definition) is 2. The maximum absolute atomic E-state index is 11.8. The van der Waals surface area contributed by atoms with Crippen molar-refractivity contribution in [2.24, 2.45) is 0 Å². The number of carbonyl (C=O) groups is 1. The lowest BCUT2D eigenvalue weighted by molar-refractivity contribution is 0.0947. The molecule has 0 saturated heterocycles. The van der Waals surface area contributed by atoms with E-state index in [4.69, 9.17) is 0 Å². The summed E-state index contributed by atoms with van der Waals surface area (Å²) in [5.41, 5.74) is 3.68. The van der Waals surface area contributed by atoms with Gasteiger partial charge in [-0.3, -0.25) is 4.79 Å². The number of carbonyl (C=O) groups excluding carboxylic acids is 1. The summed E-state index contributed by atoms with van der Waals surface area (Å²) in [7, 11) is 0. The quantitative estimate of drug-likeness (QED) is 0.802. The third-order valence-corrected chi connectivity index (χ3v) is 3.36. The zero-order valence-electron chi connectivity index (χ0n) is 13.3. The second kappa shape index (κ2) is 7.54. The summed E-state index contributed by atoms with van der Waals surface area (Å²) in [6, 6.07) is 9.60. The van der Waals surface area contributed by atoms with Crippen LogP contribution in [-0.4, -0.2) is 22.6 Å². The van der Waals surface area contributed by atoms with Crippen LogP contribution < -0.4 is 10.6 Å². The van der Waals surface area contributed by atoms with Crippen LogP contribution in [0.1, 0.15) is 41.4 Å². The molecule has 0 atom stereocenters. The lowest BCUT2D eigenvalue weighted by atomic mass is 10.1. The smallest absolute Gasteiger partial charge is 0.271 e. The van der Waals surface area contributed by atoms with E-state index in [2.05, 4.69) is 40.7 Å². The van der Waals surface area contributed by atoms with Crippen molar-refractivity contribution in [3.63, 3.8) is 0 Å². The number of aromatic nitrogens is 2. The van der Waals surface area contributed by atoms with Crippen molar-refractivity contribution in [1.29, 1.82) is 0 Å². The summed E-state index contributed by atoms with van der Waals surface area (Å²) in [4.78, 5) is 11.8. The number of hydrogen-bond acceptors (Lipinski definition) is 4. The molecular weight excluding hydrogens is 276 g/mol. The molecule has 1 amide bonds. The van der Waals surface area contributed by atoms with Crippen molar-refractivity contribution in [3.8, 4) is 0 Å². The number of anilines is 2. The number of nitrogens with one attached hydrogen (secondary N) is 2. The van der Waals surface area contributed by atoms with Crippen LogP contribution in [0.5, 0.6) is 0 Å². The molecule has 0 spiro atoms. The normalized spacial score (nSPS) is 10.3. The van der Waals surface area contributed by atoms with Crippen LogP contribution in [0.3, 0.4) is 0 Å². The molecule has 0 aliphatic carbocycles. The van der Waals surface area contributed by atoms with Crippen molar-refractivity contribution in [2.45, 2.75) is 33.6 Å². The molecule has 0 bridgehead atoms. The van der Waals surface area contributed by atoms with Gasteiger partial charge in [0.05, 0.1) is 0 Å². The molecule has 2 aromatic rings. The van der Waals surface area contributed by atoms with Gasteiger partial charge in [-0.25, -0.2) is 0 Å². The van der Waals surface area contributed by atoms with Crippen molar-refractivity contribution in [1.82, 2.24) is 15.5 Å². The maximum Gasteiger partial charge on any atom is 0.271 e. The van der Waals surface area contributed by atoms with Gasteiger partial charge in [0.15, 0.2) is 11.5 Å². The van der Waals surface area contributed by atoms with E-state index in [1.165, 1.54) is 5.56 Å². The molecule has 1 aromatic carbocycles. The fourth-order valence-corrected chi connectivity index (χ4v) is 2.08. The first kappa shape index (κ1) is 15.9. The first-order valence-corrected chi connectivity index (χ1v) is 7.56. The van der Waals surface area contributed by atoms with Gasteiger partial charge in [0.25, 0.3) is 5.91 Å². The highest BCUT2D eigenvalue weighted by atomic mass is 16.1. The number of aryl methyl sites for hydroxylation is 2. The van der Waals surface area contributed by atoms with Gasteiger partial charge in [0.1, 0.15) is 0 Å². The Labute approximate surface area is 131 Å². The van der Waals surface area contributed by atoms with Gasteiger partial charge in [-0.05, 0) is 44.0 Å². The number of nitrogens with zero attached hydrogens (tertiary/aromatic N) is 2. The Balaban J connectivity index is 2.01. The molecule has 116 valence electrons. The minimum absolute atomic E-state index is 0.181. The molecule has 2 N–H and O–H groups in total. The van der Waals surface area contributed by atoms with Crippen LogP contribution in [0.2, 0.25) is 0 Å². The average Bonchev–Trinajstić information content (AvgIpc) is 2.51. The van der Waals surface area contributed by atoms with Crippen LogP contribution >= 0.6 is 0 Å². The monoisotopic (exact) mass is 298 g/mol. The molecule has 1 heterocycles. The predicted molar refractivity (Wildman–Crippen MR) is 88.5 cm³/mol. The summed E-state index contributed by atoms with van der Waals surface area (Å²) < 4.78 is 0. The van der Waals surface area contributed by atoms with E-state index in [9.17, 15) is 4.79 Å². The topological polar surface area (TPSA) is 66.9 Å². The lowest BCUT2D eigenvalue weighted by Gasteiger charge is -2.09. The SMILES string of the molecule is CCCCNC(=O)c1ccc(Nc2ccc(C)cc2C)nn1. The summed E-state index contributed by atoms with van der Waals surface area (Å²) in [5.74, 6) is 0.441. The van der Waals surface area contributed by atoms with Crippen LogP contribution in [0.4, 0.5) is 11.5 Å². The van der Waals surface area contributed by atoms with E-state index < -0.39 is 0 Å².